The molecule has 2 aromatic rings. The van der Waals surface area contributed by atoms with E-state index in [1.165, 1.54) is 6.07 Å². The maximum absolute atomic E-state index is 10.9. The molecule has 0 spiro atoms. The second kappa shape index (κ2) is 7.42. The Balaban J connectivity index is 2.14. The van der Waals surface area contributed by atoms with Crippen molar-refractivity contribution in [3.05, 3.63) is 63.7 Å². The highest BCUT2D eigenvalue weighted by atomic mass is 16.6. The second-order valence-corrected chi connectivity index (χ2v) is 4.63. The number of aliphatic hydroxyl groups excluding tert-OH is 1. The Morgan fingerprint density at radius 2 is 1.77 bits per heavy atom. The van der Waals surface area contributed by atoms with Gasteiger partial charge in [-0.25, -0.2) is 0 Å². The van der Waals surface area contributed by atoms with Crippen molar-refractivity contribution in [2.75, 3.05) is 13.2 Å². The summed E-state index contributed by atoms with van der Waals surface area (Å²) in [4.78, 5) is 10.5. The van der Waals surface area contributed by atoms with E-state index < -0.39 is 4.92 Å². The number of ether oxygens (including phenoxy) is 2. The monoisotopic (exact) mass is 303 g/mol. The Bertz CT molecular complexity index is 657. The number of rotatable bonds is 7. The van der Waals surface area contributed by atoms with E-state index in [9.17, 15) is 10.1 Å². The first-order chi connectivity index (χ1) is 10.6. The lowest BCUT2D eigenvalue weighted by Gasteiger charge is -2.13. The molecule has 116 valence electrons. The topological polar surface area (TPSA) is 81.8 Å². The van der Waals surface area contributed by atoms with Gasteiger partial charge in [0.1, 0.15) is 13.2 Å². The van der Waals surface area contributed by atoms with Crippen LogP contribution in [0.15, 0.2) is 42.5 Å². The number of hydrogen-bond donors (Lipinski definition) is 1. The molecule has 1 N–H and O–H groups in total. The first-order valence-electron chi connectivity index (χ1n) is 6.82. The van der Waals surface area contributed by atoms with Crippen LogP contribution in [-0.2, 0) is 6.61 Å². The molecule has 0 atom stereocenters. The summed E-state index contributed by atoms with van der Waals surface area (Å²) >= 11 is 0. The summed E-state index contributed by atoms with van der Waals surface area (Å²) in [6.45, 7) is 1.99. The Kier molecular flexibility index (Phi) is 5.32. The highest BCUT2D eigenvalue weighted by molar-refractivity contribution is 5.45. The first-order valence-corrected chi connectivity index (χ1v) is 6.82. The van der Waals surface area contributed by atoms with Gasteiger partial charge in [-0.05, 0) is 24.6 Å². The van der Waals surface area contributed by atoms with Crippen LogP contribution < -0.4 is 9.47 Å². The Hall–Kier alpha value is -2.60. The van der Waals surface area contributed by atoms with E-state index in [1.54, 1.807) is 43.3 Å². The molecule has 0 saturated heterocycles. The third kappa shape index (κ3) is 3.73. The van der Waals surface area contributed by atoms with Crippen LogP contribution in [0.4, 0.5) is 5.69 Å². The summed E-state index contributed by atoms with van der Waals surface area (Å²) in [7, 11) is 0. The molecule has 22 heavy (non-hydrogen) atoms. The molecule has 0 bridgehead atoms. The van der Waals surface area contributed by atoms with Gasteiger partial charge in [-0.2, -0.15) is 0 Å². The highest BCUT2D eigenvalue weighted by Gasteiger charge is 2.14. The van der Waals surface area contributed by atoms with Crippen molar-refractivity contribution in [3.63, 3.8) is 0 Å². The quantitative estimate of drug-likeness (QED) is 0.628. The SMILES string of the molecule is Cc1c(COc2ccccc2OCCO)cccc1[N+](=O)[O-]. The minimum Gasteiger partial charge on any atom is -0.487 e. The minimum absolute atomic E-state index is 0.0749. The number of nitro groups is 1. The van der Waals surface area contributed by atoms with Gasteiger partial charge in [-0.15, -0.1) is 0 Å². The Labute approximate surface area is 128 Å². The molecule has 2 aromatic carbocycles. The second-order valence-electron chi connectivity index (χ2n) is 4.63. The van der Waals surface area contributed by atoms with E-state index in [-0.39, 0.29) is 25.5 Å². The van der Waals surface area contributed by atoms with Crippen molar-refractivity contribution in [2.24, 2.45) is 0 Å². The number of aliphatic hydroxyl groups is 1. The van der Waals surface area contributed by atoms with Crippen LogP contribution in [0.3, 0.4) is 0 Å². The molecule has 0 saturated carbocycles. The smallest absolute Gasteiger partial charge is 0.272 e. The van der Waals surface area contributed by atoms with Crippen LogP contribution in [0.25, 0.3) is 0 Å². The normalized spacial score (nSPS) is 10.3. The molecule has 0 amide bonds. The van der Waals surface area contributed by atoms with Crippen molar-refractivity contribution in [1.29, 1.82) is 0 Å². The van der Waals surface area contributed by atoms with E-state index in [4.69, 9.17) is 14.6 Å². The van der Waals surface area contributed by atoms with Gasteiger partial charge < -0.3 is 14.6 Å². The van der Waals surface area contributed by atoms with Gasteiger partial charge in [0.05, 0.1) is 11.5 Å². The van der Waals surface area contributed by atoms with E-state index in [1.807, 2.05) is 0 Å². The fourth-order valence-electron chi connectivity index (χ4n) is 2.02. The third-order valence-electron chi connectivity index (χ3n) is 3.20. The maximum atomic E-state index is 10.9. The van der Waals surface area contributed by atoms with Crippen molar-refractivity contribution in [2.45, 2.75) is 13.5 Å². The lowest BCUT2D eigenvalue weighted by molar-refractivity contribution is -0.385. The summed E-state index contributed by atoms with van der Waals surface area (Å²) < 4.78 is 11.1. The van der Waals surface area contributed by atoms with Gasteiger partial charge in [-0.1, -0.05) is 24.3 Å². The van der Waals surface area contributed by atoms with Crippen LogP contribution in [-0.4, -0.2) is 23.2 Å². The Morgan fingerprint density at radius 3 is 2.41 bits per heavy atom. The zero-order valence-electron chi connectivity index (χ0n) is 12.2. The molecule has 0 aliphatic heterocycles. The largest absolute Gasteiger partial charge is 0.487 e. The molecule has 0 aliphatic rings. The zero-order chi connectivity index (χ0) is 15.9. The van der Waals surface area contributed by atoms with E-state index in [0.29, 0.717) is 17.1 Å². The van der Waals surface area contributed by atoms with Crippen molar-refractivity contribution >= 4 is 5.69 Å². The minimum atomic E-state index is -0.406. The number of para-hydroxylation sites is 2. The molecule has 0 heterocycles. The van der Waals surface area contributed by atoms with Crippen LogP contribution in [0, 0.1) is 17.0 Å². The van der Waals surface area contributed by atoms with Gasteiger partial charge >= 0.3 is 0 Å². The molecule has 0 fully saturated rings. The summed E-state index contributed by atoms with van der Waals surface area (Å²) in [5.41, 5.74) is 1.40. The standard InChI is InChI=1S/C16H17NO5/c1-12-13(5-4-6-14(12)17(19)20)11-22-16-8-3-2-7-15(16)21-10-9-18/h2-8,18H,9-11H2,1H3. The van der Waals surface area contributed by atoms with Crippen LogP contribution in [0.2, 0.25) is 0 Å². The summed E-state index contributed by atoms with van der Waals surface area (Å²) in [5, 5.41) is 19.8. The summed E-state index contributed by atoms with van der Waals surface area (Å²) in [6.07, 6.45) is 0. The summed E-state index contributed by atoms with van der Waals surface area (Å²) in [5.74, 6) is 1.06. The van der Waals surface area contributed by atoms with Crippen molar-refractivity contribution in [3.8, 4) is 11.5 Å². The predicted octanol–water partition coefficient (Wildman–Crippen LogP) is 2.85. The van der Waals surface area contributed by atoms with Crippen molar-refractivity contribution < 1.29 is 19.5 Å². The van der Waals surface area contributed by atoms with Crippen molar-refractivity contribution in [1.82, 2.24) is 0 Å². The number of nitro benzene ring substituents is 1. The maximum Gasteiger partial charge on any atom is 0.272 e. The van der Waals surface area contributed by atoms with E-state index >= 15 is 0 Å². The fraction of sp³-hybridized carbons (Fsp3) is 0.250. The molecular weight excluding hydrogens is 286 g/mol. The fourth-order valence-corrected chi connectivity index (χ4v) is 2.02. The van der Waals surface area contributed by atoms with Gasteiger partial charge in [0.15, 0.2) is 11.5 Å². The molecule has 0 aliphatic carbocycles. The molecule has 0 radical (unpaired) electrons. The molecule has 0 aromatic heterocycles. The zero-order valence-corrected chi connectivity index (χ0v) is 12.2. The van der Waals surface area contributed by atoms with Gasteiger partial charge in [0.25, 0.3) is 5.69 Å². The first kappa shape index (κ1) is 15.8. The lowest BCUT2D eigenvalue weighted by atomic mass is 10.1. The van der Waals surface area contributed by atoms with Gasteiger partial charge in [0.2, 0.25) is 0 Å². The number of hydrogen-bond acceptors (Lipinski definition) is 5. The Morgan fingerprint density at radius 1 is 1.09 bits per heavy atom. The average molecular weight is 303 g/mol. The third-order valence-corrected chi connectivity index (χ3v) is 3.20. The molecule has 6 heteroatoms. The highest BCUT2D eigenvalue weighted by Crippen LogP contribution is 2.28. The number of benzene rings is 2. The van der Waals surface area contributed by atoms with Gasteiger partial charge in [-0.3, -0.25) is 10.1 Å². The number of nitrogens with zero attached hydrogens (tertiary/aromatic N) is 1. The van der Waals surface area contributed by atoms with Gasteiger partial charge in [0, 0.05) is 11.6 Å². The molecular formula is C16H17NO5. The van der Waals surface area contributed by atoms with E-state index in [2.05, 4.69) is 0 Å². The van der Waals surface area contributed by atoms with Crippen LogP contribution in [0.1, 0.15) is 11.1 Å². The summed E-state index contributed by atoms with van der Waals surface area (Å²) in [6, 6.07) is 12.0. The lowest BCUT2D eigenvalue weighted by Crippen LogP contribution is -2.05. The van der Waals surface area contributed by atoms with Crippen LogP contribution in [0.5, 0.6) is 11.5 Å². The molecule has 6 nitrogen and oxygen atoms in total. The molecule has 2 rings (SSSR count). The van der Waals surface area contributed by atoms with E-state index in [0.717, 1.165) is 5.56 Å². The van der Waals surface area contributed by atoms with Crippen LogP contribution >= 0.6 is 0 Å². The predicted molar refractivity (Wildman–Crippen MR) is 81.2 cm³/mol. The molecule has 0 unspecified atom stereocenters. The average Bonchev–Trinajstić information content (AvgIpc) is 2.52.